The van der Waals surface area contributed by atoms with E-state index in [9.17, 15) is 26.7 Å². The molecule has 20 heavy (non-hydrogen) atoms. The van der Waals surface area contributed by atoms with Gasteiger partial charge in [-0.05, 0) is 11.6 Å². The standard InChI is InChI=1S/C12H16F3NO3S/c1-20(18,19)7-11(17)10(6-16)8-3-2-4-9(5-8)12(13,14)15/h2-5,10-11,17H,6-7,16H2,1H3. The maximum Gasteiger partial charge on any atom is 0.416 e. The summed E-state index contributed by atoms with van der Waals surface area (Å²) in [6, 6.07) is 4.37. The van der Waals surface area contributed by atoms with Crippen LogP contribution in [0.5, 0.6) is 0 Å². The predicted molar refractivity (Wildman–Crippen MR) is 69.0 cm³/mol. The highest BCUT2D eigenvalue weighted by Gasteiger charge is 2.32. The Hall–Kier alpha value is -1.12. The van der Waals surface area contributed by atoms with E-state index in [1.165, 1.54) is 12.1 Å². The van der Waals surface area contributed by atoms with E-state index in [0.29, 0.717) is 0 Å². The topological polar surface area (TPSA) is 80.4 Å². The SMILES string of the molecule is CS(=O)(=O)CC(O)C(CN)c1cccc(C(F)(F)F)c1. The Morgan fingerprint density at radius 1 is 1.35 bits per heavy atom. The van der Waals surface area contributed by atoms with Crippen molar-refractivity contribution in [2.75, 3.05) is 18.6 Å². The normalized spacial score (nSPS) is 15.9. The summed E-state index contributed by atoms with van der Waals surface area (Å²) in [4.78, 5) is 0. The summed E-state index contributed by atoms with van der Waals surface area (Å²) in [5.74, 6) is -1.42. The molecule has 3 N–H and O–H groups in total. The summed E-state index contributed by atoms with van der Waals surface area (Å²) in [5, 5.41) is 9.85. The van der Waals surface area contributed by atoms with Crippen molar-refractivity contribution in [2.45, 2.75) is 18.2 Å². The number of rotatable bonds is 5. The van der Waals surface area contributed by atoms with Crippen molar-refractivity contribution in [1.82, 2.24) is 0 Å². The molecule has 1 aromatic carbocycles. The molecule has 0 aliphatic heterocycles. The second-order valence-electron chi connectivity index (χ2n) is 4.63. The average Bonchev–Trinajstić information content (AvgIpc) is 2.26. The van der Waals surface area contributed by atoms with E-state index >= 15 is 0 Å². The first-order chi connectivity index (χ1) is 9.04. The molecular formula is C12H16F3NO3S. The quantitative estimate of drug-likeness (QED) is 0.855. The van der Waals surface area contributed by atoms with E-state index < -0.39 is 39.4 Å². The molecule has 0 heterocycles. The largest absolute Gasteiger partial charge is 0.416 e. The van der Waals surface area contributed by atoms with E-state index in [4.69, 9.17) is 5.73 Å². The van der Waals surface area contributed by atoms with Crippen molar-refractivity contribution in [3.8, 4) is 0 Å². The fourth-order valence-corrected chi connectivity index (χ4v) is 2.74. The smallest absolute Gasteiger partial charge is 0.391 e. The highest BCUT2D eigenvalue weighted by atomic mass is 32.2. The van der Waals surface area contributed by atoms with Gasteiger partial charge < -0.3 is 10.8 Å². The van der Waals surface area contributed by atoms with Gasteiger partial charge in [-0.25, -0.2) is 8.42 Å². The summed E-state index contributed by atoms with van der Waals surface area (Å²) < 4.78 is 60.1. The summed E-state index contributed by atoms with van der Waals surface area (Å²) >= 11 is 0. The molecule has 8 heteroatoms. The van der Waals surface area contributed by atoms with Gasteiger partial charge in [0.2, 0.25) is 0 Å². The van der Waals surface area contributed by atoms with Crippen LogP contribution in [0.3, 0.4) is 0 Å². The van der Waals surface area contributed by atoms with Crippen molar-refractivity contribution < 1.29 is 26.7 Å². The minimum atomic E-state index is -4.50. The molecule has 0 saturated carbocycles. The zero-order valence-corrected chi connectivity index (χ0v) is 11.6. The number of aliphatic hydroxyl groups excluding tert-OH is 1. The molecule has 0 amide bonds. The molecule has 0 aromatic heterocycles. The van der Waals surface area contributed by atoms with Gasteiger partial charge in [0.1, 0.15) is 9.84 Å². The van der Waals surface area contributed by atoms with Crippen LogP contribution in [0.2, 0.25) is 0 Å². The molecule has 0 spiro atoms. The molecule has 2 atom stereocenters. The summed E-state index contributed by atoms with van der Waals surface area (Å²) in [5.41, 5.74) is 4.75. The maximum absolute atomic E-state index is 12.6. The fourth-order valence-electron chi connectivity index (χ4n) is 1.89. The first-order valence-corrected chi connectivity index (χ1v) is 7.83. The van der Waals surface area contributed by atoms with E-state index in [2.05, 4.69) is 0 Å². The highest BCUT2D eigenvalue weighted by Crippen LogP contribution is 2.31. The Kier molecular flexibility index (Phi) is 5.17. The average molecular weight is 311 g/mol. The molecule has 2 unspecified atom stereocenters. The minimum absolute atomic E-state index is 0.155. The molecule has 0 radical (unpaired) electrons. The van der Waals surface area contributed by atoms with Crippen LogP contribution >= 0.6 is 0 Å². The number of sulfone groups is 1. The lowest BCUT2D eigenvalue weighted by atomic mass is 9.93. The Morgan fingerprint density at radius 2 is 1.95 bits per heavy atom. The molecule has 1 aromatic rings. The van der Waals surface area contributed by atoms with E-state index in [-0.39, 0.29) is 12.1 Å². The zero-order chi connectivity index (χ0) is 15.6. The van der Waals surface area contributed by atoms with Crippen LogP contribution in [0.4, 0.5) is 13.2 Å². The van der Waals surface area contributed by atoms with Crippen LogP contribution in [0.25, 0.3) is 0 Å². The van der Waals surface area contributed by atoms with Gasteiger partial charge in [-0.2, -0.15) is 13.2 Å². The first kappa shape index (κ1) is 16.9. The monoisotopic (exact) mass is 311 g/mol. The van der Waals surface area contributed by atoms with E-state index in [1.54, 1.807) is 0 Å². The third-order valence-electron chi connectivity index (χ3n) is 2.83. The van der Waals surface area contributed by atoms with Crippen LogP contribution in [-0.4, -0.2) is 38.2 Å². The number of aliphatic hydroxyl groups is 1. The maximum atomic E-state index is 12.6. The number of nitrogens with two attached hydrogens (primary N) is 1. The molecule has 0 aliphatic rings. The number of hydrogen-bond acceptors (Lipinski definition) is 4. The zero-order valence-electron chi connectivity index (χ0n) is 10.8. The third kappa shape index (κ3) is 4.77. The summed E-state index contributed by atoms with van der Waals surface area (Å²) in [7, 11) is -3.45. The molecule has 1 rings (SSSR count). The number of benzene rings is 1. The minimum Gasteiger partial charge on any atom is -0.391 e. The van der Waals surface area contributed by atoms with Crippen molar-refractivity contribution >= 4 is 9.84 Å². The van der Waals surface area contributed by atoms with Crippen molar-refractivity contribution in [2.24, 2.45) is 5.73 Å². The van der Waals surface area contributed by atoms with Crippen molar-refractivity contribution in [3.05, 3.63) is 35.4 Å². The van der Waals surface area contributed by atoms with Crippen LogP contribution in [0.15, 0.2) is 24.3 Å². The van der Waals surface area contributed by atoms with Gasteiger partial charge in [0.05, 0.1) is 17.4 Å². The van der Waals surface area contributed by atoms with Crippen molar-refractivity contribution in [3.63, 3.8) is 0 Å². The van der Waals surface area contributed by atoms with Gasteiger partial charge in [0.25, 0.3) is 0 Å². The van der Waals surface area contributed by atoms with Gasteiger partial charge >= 0.3 is 6.18 Å². The van der Waals surface area contributed by atoms with Crippen LogP contribution in [0, 0.1) is 0 Å². The second kappa shape index (κ2) is 6.11. The Labute approximate surface area is 115 Å². The number of alkyl halides is 3. The molecular weight excluding hydrogens is 295 g/mol. The molecule has 4 nitrogen and oxygen atoms in total. The number of halogens is 3. The molecule has 0 bridgehead atoms. The lowest BCUT2D eigenvalue weighted by Gasteiger charge is -2.22. The first-order valence-electron chi connectivity index (χ1n) is 5.77. The number of hydrogen-bond donors (Lipinski definition) is 2. The predicted octanol–water partition coefficient (Wildman–Crippen LogP) is 1.15. The Morgan fingerprint density at radius 3 is 2.40 bits per heavy atom. The van der Waals surface area contributed by atoms with Crippen molar-refractivity contribution in [1.29, 1.82) is 0 Å². The van der Waals surface area contributed by atoms with Gasteiger partial charge in [-0.3, -0.25) is 0 Å². The highest BCUT2D eigenvalue weighted by molar-refractivity contribution is 7.90. The lowest BCUT2D eigenvalue weighted by Crippen LogP contribution is -2.32. The van der Waals surface area contributed by atoms with E-state index in [1.807, 2.05) is 0 Å². The molecule has 114 valence electrons. The summed E-state index contributed by atoms with van der Waals surface area (Å²) in [6.45, 7) is -0.155. The van der Waals surface area contributed by atoms with Crippen LogP contribution in [0.1, 0.15) is 17.0 Å². The third-order valence-corrected chi connectivity index (χ3v) is 3.78. The van der Waals surface area contributed by atoms with Gasteiger partial charge in [-0.15, -0.1) is 0 Å². The van der Waals surface area contributed by atoms with Gasteiger partial charge in [0.15, 0.2) is 0 Å². The molecule has 0 aliphatic carbocycles. The second-order valence-corrected chi connectivity index (χ2v) is 6.81. The lowest BCUT2D eigenvalue weighted by molar-refractivity contribution is -0.137. The van der Waals surface area contributed by atoms with Gasteiger partial charge in [-0.1, -0.05) is 18.2 Å². The Bertz CT molecular complexity index is 557. The van der Waals surface area contributed by atoms with Gasteiger partial charge in [0, 0.05) is 18.7 Å². The molecule has 0 saturated heterocycles. The van der Waals surface area contributed by atoms with Crippen LogP contribution in [-0.2, 0) is 16.0 Å². The Balaban J connectivity index is 3.07. The van der Waals surface area contributed by atoms with Crippen LogP contribution < -0.4 is 5.73 Å². The fraction of sp³-hybridized carbons (Fsp3) is 0.500. The summed E-state index contributed by atoms with van der Waals surface area (Å²) in [6.07, 6.45) is -4.91. The van der Waals surface area contributed by atoms with E-state index in [0.717, 1.165) is 18.4 Å². The molecule has 0 fully saturated rings.